The number of aromatic nitrogens is 2. The zero-order chi connectivity index (χ0) is 18.5. The molecule has 1 aromatic carbocycles. The third-order valence-electron chi connectivity index (χ3n) is 6.16. The highest BCUT2D eigenvalue weighted by Gasteiger charge is 2.33. The standard InChI is InChI=1S/C22H32N4O/c27-18-21-17-25(16-20(21)15-24-10-3-1-2-4-11-24)14-19-7-5-8-22(13-19)26-12-6-9-23-26/h5-9,12-13,20-21,27H,1-4,10-11,14-18H2/t20-,21-/m1/s1. The van der Waals surface area contributed by atoms with Crippen molar-refractivity contribution >= 4 is 0 Å². The Labute approximate surface area is 162 Å². The first-order chi connectivity index (χ1) is 13.3. The summed E-state index contributed by atoms with van der Waals surface area (Å²) >= 11 is 0. The second kappa shape index (κ2) is 9.00. The van der Waals surface area contributed by atoms with Crippen LogP contribution < -0.4 is 0 Å². The Balaban J connectivity index is 1.38. The van der Waals surface area contributed by atoms with Crippen LogP contribution in [-0.4, -0.2) is 64.0 Å². The first-order valence-corrected chi connectivity index (χ1v) is 10.5. The van der Waals surface area contributed by atoms with Crippen molar-refractivity contribution in [3.63, 3.8) is 0 Å². The largest absolute Gasteiger partial charge is 0.396 e. The molecule has 0 aliphatic carbocycles. The van der Waals surface area contributed by atoms with Crippen molar-refractivity contribution < 1.29 is 5.11 Å². The van der Waals surface area contributed by atoms with Crippen molar-refractivity contribution in [3.05, 3.63) is 48.3 Å². The van der Waals surface area contributed by atoms with E-state index in [0.717, 1.165) is 31.9 Å². The Morgan fingerprint density at radius 1 is 0.963 bits per heavy atom. The molecule has 5 heteroatoms. The lowest BCUT2D eigenvalue weighted by Crippen LogP contribution is -2.34. The first kappa shape index (κ1) is 18.7. The van der Waals surface area contributed by atoms with Gasteiger partial charge in [-0.2, -0.15) is 5.10 Å². The van der Waals surface area contributed by atoms with Gasteiger partial charge in [0, 0.05) is 45.2 Å². The SMILES string of the molecule is OC[C@H]1CN(Cc2cccc(-n3cccn3)c2)C[C@H]1CN1CCCCCC1. The van der Waals surface area contributed by atoms with Crippen molar-refractivity contribution in [2.45, 2.75) is 32.2 Å². The molecule has 2 atom stereocenters. The maximum Gasteiger partial charge on any atom is 0.0648 e. The zero-order valence-corrected chi connectivity index (χ0v) is 16.2. The van der Waals surface area contributed by atoms with Gasteiger partial charge in [0.15, 0.2) is 0 Å². The summed E-state index contributed by atoms with van der Waals surface area (Å²) in [6, 6.07) is 10.6. The van der Waals surface area contributed by atoms with E-state index in [9.17, 15) is 5.11 Å². The van der Waals surface area contributed by atoms with Crippen LogP contribution in [0.3, 0.4) is 0 Å². The molecule has 0 saturated carbocycles. The van der Waals surface area contributed by atoms with E-state index in [0.29, 0.717) is 18.4 Å². The third-order valence-corrected chi connectivity index (χ3v) is 6.16. The molecule has 4 rings (SSSR count). The lowest BCUT2D eigenvalue weighted by Gasteiger charge is -2.26. The molecule has 2 aliphatic heterocycles. The Morgan fingerprint density at radius 2 is 1.78 bits per heavy atom. The van der Waals surface area contributed by atoms with Crippen molar-refractivity contribution in [3.8, 4) is 5.69 Å². The first-order valence-electron chi connectivity index (χ1n) is 10.5. The third kappa shape index (κ3) is 4.78. The molecular formula is C22H32N4O. The van der Waals surface area contributed by atoms with E-state index >= 15 is 0 Å². The lowest BCUT2D eigenvalue weighted by atomic mass is 9.96. The number of aliphatic hydroxyl groups is 1. The van der Waals surface area contributed by atoms with Crippen molar-refractivity contribution in [2.24, 2.45) is 11.8 Å². The summed E-state index contributed by atoms with van der Waals surface area (Å²) in [6.45, 7) is 6.97. The van der Waals surface area contributed by atoms with Gasteiger partial charge in [-0.1, -0.05) is 25.0 Å². The summed E-state index contributed by atoms with van der Waals surface area (Å²) in [6.07, 6.45) is 9.22. The normalized spacial score (nSPS) is 24.9. The molecule has 2 fully saturated rings. The van der Waals surface area contributed by atoms with Crippen molar-refractivity contribution in [2.75, 3.05) is 39.3 Å². The molecule has 2 aromatic rings. The van der Waals surface area contributed by atoms with Crippen LogP contribution in [0.25, 0.3) is 5.69 Å². The molecule has 0 amide bonds. The predicted octanol–water partition coefficient (Wildman–Crippen LogP) is 2.79. The minimum Gasteiger partial charge on any atom is -0.396 e. The highest BCUT2D eigenvalue weighted by molar-refractivity contribution is 5.35. The maximum atomic E-state index is 9.92. The minimum absolute atomic E-state index is 0.308. The van der Waals surface area contributed by atoms with E-state index in [4.69, 9.17) is 0 Å². The number of aliphatic hydroxyl groups excluding tert-OH is 1. The summed E-state index contributed by atoms with van der Waals surface area (Å²) in [4.78, 5) is 5.16. The summed E-state index contributed by atoms with van der Waals surface area (Å²) in [5.41, 5.74) is 2.42. The number of hydrogen-bond donors (Lipinski definition) is 1. The van der Waals surface area contributed by atoms with E-state index < -0.39 is 0 Å². The summed E-state index contributed by atoms with van der Waals surface area (Å²) in [5, 5.41) is 14.3. The van der Waals surface area contributed by atoms with Crippen LogP contribution >= 0.6 is 0 Å². The Morgan fingerprint density at radius 3 is 2.52 bits per heavy atom. The highest BCUT2D eigenvalue weighted by Crippen LogP contribution is 2.27. The number of rotatable bonds is 6. The van der Waals surface area contributed by atoms with E-state index in [2.05, 4.69) is 39.2 Å². The molecule has 146 valence electrons. The van der Waals surface area contributed by atoms with Crippen LogP contribution in [-0.2, 0) is 6.54 Å². The average Bonchev–Trinajstić information content (AvgIpc) is 3.27. The van der Waals surface area contributed by atoms with Crippen LogP contribution in [0.2, 0.25) is 0 Å². The van der Waals surface area contributed by atoms with Crippen LogP contribution in [0.4, 0.5) is 0 Å². The maximum absolute atomic E-state index is 9.92. The van der Waals surface area contributed by atoms with E-state index in [1.54, 1.807) is 0 Å². The van der Waals surface area contributed by atoms with Gasteiger partial charge in [0.25, 0.3) is 0 Å². The Kier molecular flexibility index (Phi) is 6.22. The fourth-order valence-corrected chi connectivity index (χ4v) is 4.71. The predicted molar refractivity (Wildman–Crippen MR) is 108 cm³/mol. The monoisotopic (exact) mass is 368 g/mol. The smallest absolute Gasteiger partial charge is 0.0648 e. The van der Waals surface area contributed by atoms with Gasteiger partial charge in [-0.25, -0.2) is 4.68 Å². The number of nitrogens with zero attached hydrogens (tertiary/aromatic N) is 4. The van der Waals surface area contributed by atoms with Crippen LogP contribution in [0.5, 0.6) is 0 Å². The van der Waals surface area contributed by atoms with Crippen molar-refractivity contribution in [1.82, 2.24) is 19.6 Å². The van der Waals surface area contributed by atoms with E-state index in [1.807, 2.05) is 23.1 Å². The number of likely N-dealkylation sites (tertiary alicyclic amines) is 2. The Bertz CT molecular complexity index is 694. The molecule has 3 heterocycles. The van der Waals surface area contributed by atoms with Gasteiger partial charge < -0.3 is 10.0 Å². The van der Waals surface area contributed by atoms with Gasteiger partial charge in [0.1, 0.15) is 0 Å². The number of benzene rings is 1. The minimum atomic E-state index is 0.308. The van der Waals surface area contributed by atoms with Gasteiger partial charge >= 0.3 is 0 Å². The van der Waals surface area contributed by atoms with Crippen molar-refractivity contribution in [1.29, 1.82) is 0 Å². The van der Waals surface area contributed by atoms with Gasteiger partial charge in [-0.3, -0.25) is 4.90 Å². The topological polar surface area (TPSA) is 44.5 Å². The molecule has 2 saturated heterocycles. The average molecular weight is 369 g/mol. The zero-order valence-electron chi connectivity index (χ0n) is 16.2. The second-order valence-corrected chi connectivity index (χ2v) is 8.23. The molecule has 27 heavy (non-hydrogen) atoms. The van der Waals surface area contributed by atoms with Gasteiger partial charge in [-0.15, -0.1) is 0 Å². The summed E-state index contributed by atoms with van der Waals surface area (Å²) in [5.74, 6) is 0.991. The summed E-state index contributed by atoms with van der Waals surface area (Å²) in [7, 11) is 0. The summed E-state index contributed by atoms with van der Waals surface area (Å²) < 4.78 is 1.91. The molecule has 0 spiro atoms. The van der Waals surface area contributed by atoms with Gasteiger partial charge in [0.2, 0.25) is 0 Å². The van der Waals surface area contributed by atoms with Crippen LogP contribution in [0, 0.1) is 11.8 Å². The molecular weight excluding hydrogens is 336 g/mol. The fraction of sp³-hybridized carbons (Fsp3) is 0.591. The molecule has 5 nitrogen and oxygen atoms in total. The lowest BCUT2D eigenvalue weighted by molar-refractivity contribution is 0.165. The van der Waals surface area contributed by atoms with Crippen LogP contribution in [0.1, 0.15) is 31.2 Å². The van der Waals surface area contributed by atoms with Gasteiger partial charge in [-0.05, 0) is 61.5 Å². The fourth-order valence-electron chi connectivity index (χ4n) is 4.71. The Hall–Kier alpha value is -1.69. The molecule has 0 radical (unpaired) electrons. The van der Waals surface area contributed by atoms with E-state index in [1.165, 1.54) is 44.3 Å². The molecule has 0 bridgehead atoms. The quantitative estimate of drug-likeness (QED) is 0.852. The van der Waals surface area contributed by atoms with Gasteiger partial charge in [0.05, 0.1) is 5.69 Å². The second-order valence-electron chi connectivity index (χ2n) is 8.23. The molecule has 2 aliphatic rings. The van der Waals surface area contributed by atoms with Crippen LogP contribution in [0.15, 0.2) is 42.7 Å². The molecule has 1 N–H and O–H groups in total. The number of hydrogen-bond acceptors (Lipinski definition) is 4. The highest BCUT2D eigenvalue weighted by atomic mass is 16.3. The van der Waals surface area contributed by atoms with E-state index in [-0.39, 0.29) is 0 Å². The molecule has 0 unspecified atom stereocenters. The molecule has 1 aromatic heterocycles.